The first-order chi connectivity index (χ1) is 8.33. The summed E-state index contributed by atoms with van der Waals surface area (Å²) >= 11 is 0. The van der Waals surface area contributed by atoms with E-state index in [0.717, 1.165) is 13.1 Å². The molecule has 2 atom stereocenters. The van der Waals surface area contributed by atoms with Gasteiger partial charge < -0.3 is 10.2 Å². The fourth-order valence-electron chi connectivity index (χ4n) is 2.23. The van der Waals surface area contributed by atoms with E-state index in [1.165, 1.54) is 6.26 Å². The number of hydrogen-bond donors (Lipinski definition) is 2. The molecule has 102 valence electrons. The van der Waals surface area contributed by atoms with Crippen LogP contribution >= 0.6 is 0 Å². The van der Waals surface area contributed by atoms with Gasteiger partial charge in [-0.15, -0.1) is 5.10 Å². The zero-order chi connectivity index (χ0) is 13.3. The number of sulfone groups is 1. The van der Waals surface area contributed by atoms with Gasteiger partial charge in [0.05, 0.1) is 0 Å². The molecule has 2 rings (SSSR count). The van der Waals surface area contributed by atoms with Gasteiger partial charge in [-0.1, -0.05) is 0 Å². The van der Waals surface area contributed by atoms with Crippen molar-refractivity contribution in [3.8, 4) is 0 Å². The van der Waals surface area contributed by atoms with Crippen LogP contribution < -0.4 is 10.2 Å². The lowest BCUT2D eigenvalue weighted by atomic mass is 10.1. The van der Waals surface area contributed by atoms with E-state index in [2.05, 4.69) is 39.2 Å². The van der Waals surface area contributed by atoms with Crippen LogP contribution in [0.3, 0.4) is 0 Å². The largest absolute Gasteiger partial charge is 0.336 e. The second-order valence-corrected chi connectivity index (χ2v) is 7.17. The SMILES string of the molecule is CC1CN(c2n[nH]c(CS(C)(=O)=O)n2)CC(C)N1. The summed E-state index contributed by atoms with van der Waals surface area (Å²) in [6, 6.07) is 0.733. The highest BCUT2D eigenvalue weighted by Gasteiger charge is 2.24. The molecule has 0 radical (unpaired) electrons. The van der Waals surface area contributed by atoms with Crippen LogP contribution in [0.2, 0.25) is 0 Å². The van der Waals surface area contributed by atoms with Gasteiger partial charge in [-0.2, -0.15) is 4.98 Å². The fraction of sp³-hybridized carbons (Fsp3) is 0.800. The van der Waals surface area contributed by atoms with Crippen molar-refractivity contribution in [1.29, 1.82) is 0 Å². The van der Waals surface area contributed by atoms with Crippen LogP contribution in [0.15, 0.2) is 0 Å². The van der Waals surface area contributed by atoms with E-state index in [-0.39, 0.29) is 5.75 Å². The average molecular weight is 273 g/mol. The summed E-state index contributed by atoms with van der Waals surface area (Å²) in [5, 5.41) is 10.2. The Hall–Kier alpha value is -1.15. The van der Waals surface area contributed by atoms with E-state index < -0.39 is 9.84 Å². The van der Waals surface area contributed by atoms with Gasteiger partial charge in [0.15, 0.2) is 9.84 Å². The quantitative estimate of drug-likeness (QED) is 0.774. The summed E-state index contributed by atoms with van der Waals surface area (Å²) in [4.78, 5) is 6.30. The van der Waals surface area contributed by atoms with E-state index >= 15 is 0 Å². The molecule has 1 aromatic heterocycles. The number of aromatic amines is 1. The van der Waals surface area contributed by atoms with Gasteiger partial charge in [-0.05, 0) is 13.8 Å². The van der Waals surface area contributed by atoms with Gasteiger partial charge >= 0.3 is 0 Å². The van der Waals surface area contributed by atoms with E-state index in [0.29, 0.717) is 23.9 Å². The molecular weight excluding hydrogens is 254 g/mol. The molecule has 2 unspecified atom stereocenters. The number of nitrogens with one attached hydrogen (secondary N) is 2. The summed E-state index contributed by atoms with van der Waals surface area (Å²) in [6.45, 7) is 5.85. The maximum Gasteiger partial charge on any atom is 0.244 e. The molecule has 1 aromatic rings. The van der Waals surface area contributed by atoms with Crippen LogP contribution in [0.4, 0.5) is 5.95 Å². The summed E-state index contributed by atoms with van der Waals surface area (Å²) in [7, 11) is -3.08. The van der Waals surface area contributed by atoms with Gasteiger partial charge in [0, 0.05) is 31.4 Å². The molecule has 0 aromatic carbocycles. The molecule has 2 N–H and O–H groups in total. The van der Waals surface area contributed by atoms with E-state index in [4.69, 9.17) is 0 Å². The minimum Gasteiger partial charge on any atom is -0.336 e. The van der Waals surface area contributed by atoms with Crippen molar-refractivity contribution < 1.29 is 8.42 Å². The van der Waals surface area contributed by atoms with Crippen LogP contribution in [0.5, 0.6) is 0 Å². The van der Waals surface area contributed by atoms with Gasteiger partial charge in [0.25, 0.3) is 0 Å². The first kappa shape index (κ1) is 13.3. The number of anilines is 1. The molecule has 1 saturated heterocycles. The first-order valence-corrected chi connectivity index (χ1v) is 7.99. The molecule has 0 spiro atoms. The lowest BCUT2D eigenvalue weighted by molar-refractivity contribution is 0.403. The number of piperazine rings is 1. The highest BCUT2D eigenvalue weighted by atomic mass is 32.2. The number of hydrogen-bond acceptors (Lipinski definition) is 6. The molecule has 1 fully saturated rings. The summed E-state index contributed by atoms with van der Waals surface area (Å²) in [6.07, 6.45) is 1.18. The monoisotopic (exact) mass is 273 g/mol. The molecule has 1 aliphatic heterocycles. The van der Waals surface area contributed by atoms with Crippen molar-refractivity contribution in [2.75, 3.05) is 24.2 Å². The smallest absolute Gasteiger partial charge is 0.244 e. The van der Waals surface area contributed by atoms with Gasteiger partial charge in [0.1, 0.15) is 11.6 Å². The molecule has 2 heterocycles. The van der Waals surface area contributed by atoms with Gasteiger partial charge in [-0.3, -0.25) is 5.10 Å². The van der Waals surface area contributed by atoms with E-state index in [1.807, 2.05) is 0 Å². The van der Waals surface area contributed by atoms with Crippen molar-refractivity contribution in [3.05, 3.63) is 5.82 Å². The van der Waals surface area contributed by atoms with Crippen molar-refractivity contribution >= 4 is 15.8 Å². The maximum absolute atomic E-state index is 11.2. The molecule has 7 nitrogen and oxygen atoms in total. The Morgan fingerprint density at radius 2 is 1.94 bits per heavy atom. The Morgan fingerprint density at radius 1 is 1.33 bits per heavy atom. The molecule has 8 heteroatoms. The maximum atomic E-state index is 11.2. The number of rotatable bonds is 3. The standard InChI is InChI=1S/C10H19N5O2S/c1-7-4-15(5-8(2)11-7)10-12-9(13-14-10)6-18(3,16)17/h7-8,11H,4-6H2,1-3H3,(H,12,13,14). The number of nitrogens with zero attached hydrogens (tertiary/aromatic N) is 3. The Labute approximate surface area is 107 Å². The number of H-pyrrole nitrogens is 1. The van der Waals surface area contributed by atoms with Crippen LogP contribution in [0.25, 0.3) is 0 Å². The molecular formula is C10H19N5O2S. The zero-order valence-electron chi connectivity index (χ0n) is 10.8. The molecule has 0 saturated carbocycles. The van der Waals surface area contributed by atoms with Crippen LogP contribution in [-0.2, 0) is 15.6 Å². The highest BCUT2D eigenvalue weighted by Crippen LogP contribution is 2.13. The Kier molecular flexibility index (Phi) is 3.58. The predicted molar refractivity (Wildman–Crippen MR) is 69.2 cm³/mol. The summed E-state index contributed by atoms with van der Waals surface area (Å²) < 4.78 is 22.4. The lowest BCUT2D eigenvalue weighted by Crippen LogP contribution is -2.54. The Morgan fingerprint density at radius 3 is 2.50 bits per heavy atom. The minimum atomic E-state index is -3.08. The third-order valence-corrected chi connectivity index (χ3v) is 3.56. The van der Waals surface area contributed by atoms with Crippen molar-refractivity contribution in [2.24, 2.45) is 0 Å². The van der Waals surface area contributed by atoms with Gasteiger partial charge in [-0.25, -0.2) is 8.42 Å². The van der Waals surface area contributed by atoms with Crippen molar-refractivity contribution in [2.45, 2.75) is 31.7 Å². The molecule has 1 aliphatic rings. The topological polar surface area (TPSA) is 91.0 Å². The third-order valence-electron chi connectivity index (χ3n) is 2.76. The van der Waals surface area contributed by atoms with Crippen LogP contribution in [0.1, 0.15) is 19.7 Å². The first-order valence-electron chi connectivity index (χ1n) is 5.93. The van der Waals surface area contributed by atoms with Crippen molar-refractivity contribution in [3.63, 3.8) is 0 Å². The lowest BCUT2D eigenvalue weighted by Gasteiger charge is -2.35. The van der Waals surface area contributed by atoms with E-state index in [1.54, 1.807) is 0 Å². The molecule has 0 bridgehead atoms. The Bertz CT molecular complexity index is 502. The van der Waals surface area contributed by atoms with Gasteiger partial charge in [0.2, 0.25) is 5.95 Å². The van der Waals surface area contributed by atoms with Crippen LogP contribution in [0, 0.1) is 0 Å². The molecule has 18 heavy (non-hydrogen) atoms. The normalized spacial score (nSPS) is 25.4. The third kappa shape index (κ3) is 3.42. The summed E-state index contributed by atoms with van der Waals surface area (Å²) in [5.41, 5.74) is 0. The molecule has 0 aliphatic carbocycles. The zero-order valence-corrected chi connectivity index (χ0v) is 11.7. The van der Waals surface area contributed by atoms with E-state index in [9.17, 15) is 8.42 Å². The minimum absolute atomic E-state index is 0.100. The van der Waals surface area contributed by atoms with Crippen LogP contribution in [-0.4, -0.2) is 55.0 Å². The average Bonchev–Trinajstić information content (AvgIpc) is 2.61. The number of aromatic nitrogens is 3. The predicted octanol–water partition coefficient (Wildman–Crippen LogP) is -0.464. The second kappa shape index (κ2) is 4.85. The second-order valence-electron chi connectivity index (χ2n) is 5.03. The fourth-order valence-corrected chi connectivity index (χ4v) is 2.86. The van der Waals surface area contributed by atoms with Crippen molar-refractivity contribution in [1.82, 2.24) is 20.5 Å². The Balaban J connectivity index is 2.10. The molecule has 0 amide bonds. The summed E-state index contributed by atoms with van der Waals surface area (Å²) in [5.74, 6) is 0.872. The highest BCUT2D eigenvalue weighted by molar-refractivity contribution is 7.89.